The molecule has 4 rings (SSSR count). The number of hydrogen-bond donors (Lipinski definition) is 1. The van der Waals surface area contributed by atoms with Crippen molar-refractivity contribution in [2.75, 3.05) is 26.7 Å². The summed E-state index contributed by atoms with van der Waals surface area (Å²) in [6.07, 6.45) is 5.22. The van der Waals surface area contributed by atoms with Gasteiger partial charge < -0.3 is 14.7 Å². The first-order valence-electron chi connectivity index (χ1n) is 12.1. The van der Waals surface area contributed by atoms with E-state index in [4.69, 9.17) is 4.74 Å². The van der Waals surface area contributed by atoms with Crippen molar-refractivity contribution in [1.82, 2.24) is 19.8 Å². The maximum Gasteiger partial charge on any atom is 0.259 e. The molecule has 0 saturated carbocycles. The third-order valence-corrected chi connectivity index (χ3v) is 6.64. The third kappa shape index (κ3) is 5.69. The van der Waals surface area contributed by atoms with Crippen LogP contribution in [0.5, 0.6) is 5.88 Å². The van der Waals surface area contributed by atoms with Gasteiger partial charge in [0.05, 0.1) is 12.6 Å². The molecule has 1 aromatic carbocycles. The van der Waals surface area contributed by atoms with E-state index in [1.165, 1.54) is 0 Å². The first-order chi connectivity index (χ1) is 16.9. The minimum atomic E-state index is -0.313. The summed E-state index contributed by atoms with van der Waals surface area (Å²) in [5.74, 6) is 0.211. The maximum absolute atomic E-state index is 13.7. The van der Waals surface area contributed by atoms with E-state index < -0.39 is 0 Å². The Balaban J connectivity index is 1.67. The van der Waals surface area contributed by atoms with E-state index >= 15 is 0 Å². The number of aryl methyl sites for hydroxylation is 1. The summed E-state index contributed by atoms with van der Waals surface area (Å²) in [5, 5.41) is 9.89. The molecule has 35 heavy (non-hydrogen) atoms. The first-order valence-corrected chi connectivity index (χ1v) is 12.1. The van der Waals surface area contributed by atoms with Gasteiger partial charge in [-0.1, -0.05) is 37.3 Å². The van der Waals surface area contributed by atoms with E-state index in [-0.39, 0.29) is 30.6 Å². The number of pyridine rings is 2. The van der Waals surface area contributed by atoms with Crippen molar-refractivity contribution in [2.24, 2.45) is 5.92 Å². The summed E-state index contributed by atoms with van der Waals surface area (Å²) in [4.78, 5) is 26.4. The van der Waals surface area contributed by atoms with E-state index in [1.54, 1.807) is 17.3 Å². The highest BCUT2D eigenvalue weighted by Gasteiger charge is 2.34. The van der Waals surface area contributed by atoms with Gasteiger partial charge in [0.15, 0.2) is 0 Å². The van der Waals surface area contributed by atoms with Crippen molar-refractivity contribution >= 4 is 5.91 Å². The standard InChI is InChI=1S/C28H34N4O3/c1-19-8-5-6-10-24(19)23-12-25-27(30-14-23)35-26(17-31(4)16-22-9-7-11-29-13-22)20(2)15-32(28(25)34)21(3)18-33/h5-14,20-21,26,33H,15-18H2,1-4H3/t20-,21-,26-/m0/s1. The first kappa shape index (κ1) is 24.8. The zero-order valence-corrected chi connectivity index (χ0v) is 20.9. The van der Waals surface area contributed by atoms with Crippen molar-refractivity contribution in [2.45, 2.75) is 39.5 Å². The number of aliphatic hydroxyl groups is 1. The number of aromatic nitrogens is 2. The van der Waals surface area contributed by atoms with Crippen LogP contribution in [0.25, 0.3) is 11.1 Å². The highest BCUT2D eigenvalue weighted by Crippen LogP contribution is 2.31. The van der Waals surface area contributed by atoms with Gasteiger partial charge in [-0.25, -0.2) is 4.98 Å². The highest BCUT2D eigenvalue weighted by molar-refractivity contribution is 5.98. The smallest absolute Gasteiger partial charge is 0.259 e. The molecule has 2 aromatic heterocycles. The Labute approximate surface area is 207 Å². The second-order valence-corrected chi connectivity index (χ2v) is 9.57. The largest absolute Gasteiger partial charge is 0.472 e. The van der Waals surface area contributed by atoms with Crippen LogP contribution in [0, 0.1) is 12.8 Å². The van der Waals surface area contributed by atoms with Gasteiger partial charge in [-0.2, -0.15) is 0 Å². The molecule has 3 heterocycles. The number of aliphatic hydroxyl groups excluding tert-OH is 1. The number of amides is 1. The fourth-order valence-corrected chi connectivity index (χ4v) is 4.54. The zero-order chi connectivity index (χ0) is 24.9. The molecule has 1 N–H and O–H groups in total. The minimum absolute atomic E-state index is 0.0373. The predicted molar refractivity (Wildman–Crippen MR) is 136 cm³/mol. The van der Waals surface area contributed by atoms with Crippen molar-refractivity contribution < 1.29 is 14.6 Å². The molecule has 1 aliphatic heterocycles. The Hall–Kier alpha value is -3.29. The van der Waals surface area contributed by atoms with E-state index in [0.29, 0.717) is 24.5 Å². The van der Waals surface area contributed by atoms with Crippen LogP contribution in [0.4, 0.5) is 0 Å². The summed E-state index contributed by atoms with van der Waals surface area (Å²) >= 11 is 0. The molecule has 7 heteroatoms. The van der Waals surface area contributed by atoms with E-state index in [9.17, 15) is 9.90 Å². The van der Waals surface area contributed by atoms with Crippen molar-refractivity contribution in [3.63, 3.8) is 0 Å². The predicted octanol–water partition coefficient (Wildman–Crippen LogP) is 3.80. The van der Waals surface area contributed by atoms with Gasteiger partial charge >= 0.3 is 0 Å². The van der Waals surface area contributed by atoms with Crippen molar-refractivity contribution in [3.05, 3.63) is 77.7 Å². The lowest BCUT2D eigenvalue weighted by Crippen LogP contribution is -2.49. The van der Waals surface area contributed by atoms with E-state index in [1.807, 2.05) is 56.4 Å². The van der Waals surface area contributed by atoms with Gasteiger partial charge in [-0.15, -0.1) is 0 Å². The van der Waals surface area contributed by atoms with Crippen LogP contribution in [0.15, 0.2) is 61.1 Å². The SMILES string of the molecule is Cc1ccccc1-c1cnc2c(c1)C(=O)N([C@@H](C)CO)C[C@H](C)[C@H](CN(C)Cc1cccnc1)O2. The highest BCUT2D eigenvalue weighted by atomic mass is 16.5. The molecular formula is C28H34N4O3. The van der Waals surface area contributed by atoms with Crippen LogP contribution in [0.3, 0.4) is 0 Å². The summed E-state index contributed by atoms with van der Waals surface area (Å²) in [6, 6.07) is 13.6. The summed E-state index contributed by atoms with van der Waals surface area (Å²) in [5.41, 5.74) is 4.56. The number of rotatable bonds is 7. The average molecular weight is 475 g/mol. The molecule has 7 nitrogen and oxygen atoms in total. The summed E-state index contributed by atoms with van der Waals surface area (Å²) in [6.45, 7) is 7.77. The Kier molecular flexibility index (Phi) is 7.78. The summed E-state index contributed by atoms with van der Waals surface area (Å²) < 4.78 is 6.43. The van der Waals surface area contributed by atoms with Crippen LogP contribution in [-0.2, 0) is 6.54 Å². The lowest BCUT2D eigenvalue weighted by Gasteiger charge is -2.37. The molecule has 0 unspecified atom stereocenters. The van der Waals surface area contributed by atoms with Gasteiger partial charge in [0, 0.05) is 49.7 Å². The van der Waals surface area contributed by atoms with Crippen LogP contribution in [-0.4, -0.2) is 69.7 Å². The fourth-order valence-electron chi connectivity index (χ4n) is 4.54. The normalized spacial score (nSPS) is 19.0. The average Bonchev–Trinajstić information content (AvgIpc) is 2.86. The van der Waals surface area contributed by atoms with Crippen LogP contribution >= 0.6 is 0 Å². The lowest BCUT2D eigenvalue weighted by atomic mass is 9.98. The molecule has 0 saturated heterocycles. The molecule has 1 aliphatic rings. The van der Waals surface area contributed by atoms with Gasteiger partial charge in [0.2, 0.25) is 5.88 Å². The topological polar surface area (TPSA) is 78.8 Å². The molecule has 3 aromatic rings. The van der Waals surface area contributed by atoms with Gasteiger partial charge in [-0.3, -0.25) is 14.7 Å². The molecule has 3 atom stereocenters. The Morgan fingerprint density at radius 1 is 1.20 bits per heavy atom. The number of benzene rings is 1. The molecular weight excluding hydrogens is 440 g/mol. The third-order valence-electron chi connectivity index (χ3n) is 6.64. The van der Waals surface area contributed by atoms with Crippen LogP contribution in [0.2, 0.25) is 0 Å². The van der Waals surface area contributed by atoms with Crippen LogP contribution in [0.1, 0.15) is 35.3 Å². The van der Waals surface area contributed by atoms with Gasteiger partial charge in [0.1, 0.15) is 11.7 Å². The number of ether oxygens (including phenoxy) is 1. The minimum Gasteiger partial charge on any atom is -0.472 e. The number of carbonyl (C=O) groups is 1. The Bertz CT molecular complexity index is 1150. The zero-order valence-electron chi connectivity index (χ0n) is 20.9. The fraction of sp³-hybridized carbons (Fsp3) is 0.393. The molecule has 184 valence electrons. The van der Waals surface area contributed by atoms with Crippen LogP contribution < -0.4 is 4.74 Å². The molecule has 1 amide bonds. The maximum atomic E-state index is 13.7. The second kappa shape index (κ2) is 11.0. The number of hydrogen-bond acceptors (Lipinski definition) is 6. The van der Waals surface area contributed by atoms with Gasteiger partial charge in [0.25, 0.3) is 5.91 Å². The van der Waals surface area contributed by atoms with Crippen molar-refractivity contribution in [1.29, 1.82) is 0 Å². The monoisotopic (exact) mass is 474 g/mol. The number of carbonyl (C=O) groups excluding carboxylic acids is 1. The van der Waals surface area contributed by atoms with E-state index in [0.717, 1.165) is 28.8 Å². The molecule has 0 fully saturated rings. The number of likely N-dealkylation sites (N-methyl/N-ethyl adjacent to an activating group) is 1. The molecule has 0 spiro atoms. The number of nitrogens with zero attached hydrogens (tertiary/aromatic N) is 4. The second-order valence-electron chi connectivity index (χ2n) is 9.57. The Morgan fingerprint density at radius 3 is 2.71 bits per heavy atom. The molecule has 0 bridgehead atoms. The quantitative estimate of drug-likeness (QED) is 0.561. The van der Waals surface area contributed by atoms with E-state index in [2.05, 4.69) is 34.9 Å². The van der Waals surface area contributed by atoms with Crippen molar-refractivity contribution in [3.8, 4) is 17.0 Å². The number of fused-ring (bicyclic) bond motifs is 1. The Morgan fingerprint density at radius 2 is 2.00 bits per heavy atom. The molecule has 0 aliphatic carbocycles. The lowest BCUT2D eigenvalue weighted by molar-refractivity contribution is 0.0325. The molecule has 0 radical (unpaired) electrons. The summed E-state index contributed by atoms with van der Waals surface area (Å²) in [7, 11) is 2.05. The van der Waals surface area contributed by atoms with Gasteiger partial charge in [-0.05, 0) is 49.7 Å².